The van der Waals surface area contributed by atoms with Gasteiger partial charge < -0.3 is 14.9 Å². The SMILES string of the molecule is CN(C)CC(=O)N(C)CCc1ccccc1C(=O)O. The molecule has 19 heavy (non-hydrogen) atoms. The van der Waals surface area contributed by atoms with Gasteiger partial charge in [-0.1, -0.05) is 18.2 Å². The Labute approximate surface area is 113 Å². The number of carboxylic acid groups (broad SMARTS) is 1. The molecule has 1 N–H and O–H groups in total. The molecule has 0 unspecified atom stereocenters. The summed E-state index contributed by atoms with van der Waals surface area (Å²) in [7, 11) is 5.41. The van der Waals surface area contributed by atoms with Crippen molar-refractivity contribution in [3.63, 3.8) is 0 Å². The fourth-order valence-electron chi connectivity index (χ4n) is 1.75. The first-order valence-corrected chi connectivity index (χ1v) is 6.11. The summed E-state index contributed by atoms with van der Waals surface area (Å²) in [4.78, 5) is 26.3. The fraction of sp³-hybridized carbons (Fsp3) is 0.429. The average molecular weight is 264 g/mol. The molecule has 1 aromatic rings. The van der Waals surface area contributed by atoms with Gasteiger partial charge in [-0.05, 0) is 32.1 Å². The molecule has 0 aliphatic carbocycles. The van der Waals surface area contributed by atoms with Gasteiger partial charge in [0.15, 0.2) is 0 Å². The van der Waals surface area contributed by atoms with Gasteiger partial charge in [0.05, 0.1) is 12.1 Å². The van der Waals surface area contributed by atoms with Gasteiger partial charge in [0, 0.05) is 13.6 Å². The Morgan fingerprint density at radius 1 is 1.16 bits per heavy atom. The van der Waals surface area contributed by atoms with Gasteiger partial charge in [-0.2, -0.15) is 0 Å². The van der Waals surface area contributed by atoms with Gasteiger partial charge in [-0.3, -0.25) is 4.79 Å². The molecule has 0 heterocycles. The van der Waals surface area contributed by atoms with Crippen molar-refractivity contribution in [1.82, 2.24) is 9.80 Å². The number of likely N-dealkylation sites (N-methyl/N-ethyl adjacent to an activating group) is 2. The molecular formula is C14H20N2O3. The van der Waals surface area contributed by atoms with E-state index in [1.54, 1.807) is 30.1 Å². The molecule has 5 heteroatoms. The van der Waals surface area contributed by atoms with E-state index in [9.17, 15) is 9.59 Å². The number of hydrogen-bond acceptors (Lipinski definition) is 3. The molecular weight excluding hydrogens is 244 g/mol. The lowest BCUT2D eigenvalue weighted by Crippen LogP contribution is -2.36. The molecule has 0 spiro atoms. The number of aromatic carboxylic acids is 1. The first-order valence-electron chi connectivity index (χ1n) is 6.11. The van der Waals surface area contributed by atoms with E-state index in [1.807, 2.05) is 25.1 Å². The van der Waals surface area contributed by atoms with Crippen molar-refractivity contribution in [2.75, 3.05) is 34.2 Å². The zero-order valence-corrected chi connectivity index (χ0v) is 11.6. The van der Waals surface area contributed by atoms with Crippen LogP contribution in [0.4, 0.5) is 0 Å². The zero-order chi connectivity index (χ0) is 14.4. The molecule has 0 aliphatic rings. The van der Waals surface area contributed by atoms with Crippen LogP contribution in [0.2, 0.25) is 0 Å². The van der Waals surface area contributed by atoms with Gasteiger partial charge in [0.1, 0.15) is 0 Å². The van der Waals surface area contributed by atoms with E-state index in [0.29, 0.717) is 25.1 Å². The predicted octanol–water partition coefficient (Wildman–Crippen LogP) is 0.947. The summed E-state index contributed by atoms with van der Waals surface area (Å²) in [5, 5.41) is 9.07. The highest BCUT2D eigenvalue weighted by atomic mass is 16.4. The second kappa shape index (κ2) is 6.89. The van der Waals surface area contributed by atoms with E-state index >= 15 is 0 Å². The number of rotatable bonds is 6. The Balaban J connectivity index is 2.62. The standard InChI is InChI=1S/C14H20N2O3/c1-15(2)10-13(17)16(3)9-8-11-6-4-5-7-12(11)14(18)19/h4-7H,8-10H2,1-3H3,(H,18,19). The monoisotopic (exact) mass is 264 g/mol. The van der Waals surface area contributed by atoms with Gasteiger partial charge in [-0.15, -0.1) is 0 Å². The summed E-state index contributed by atoms with van der Waals surface area (Å²) in [6.07, 6.45) is 0.540. The summed E-state index contributed by atoms with van der Waals surface area (Å²) in [6.45, 7) is 0.869. The number of carbonyl (C=O) groups is 2. The lowest BCUT2D eigenvalue weighted by atomic mass is 10.0. The number of carboxylic acids is 1. The van der Waals surface area contributed by atoms with Gasteiger partial charge in [-0.25, -0.2) is 4.79 Å². The van der Waals surface area contributed by atoms with Crippen LogP contribution in [0.3, 0.4) is 0 Å². The maximum atomic E-state index is 11.8. The third-order valence-corrected chi connectivity index (χ3v) is 2.84. The van der Waals surface area contributed by atoms with Crippen LogP contribution in [0, 0.1) is 0 Å². The Hall–Kier alpha value is -1.88. The molecule has 0 fully saturated rings. The molecule has 0 aromatic heterocycles. The van der Waals surface area contributed by atoms with E-state index < -0.39 is 5.97 Å². The molecule has 1 amide bonds. The molecule has 1 aromatic carbocycles. The summed E-state index contributed by atoms with van der Waals surface area (Å²) >= 11 is 0. The van der Waals surface area contributed by atoms with Crippen molar-refractivity contribution in [2.45, 2.75) is 6.42 Å². The third-order valence-electron chi connectivity index (χ3n) is 2.84. The second-order valence-corrected chi connectivity index (χ2v) is 4.77. The lowest BCUT2D eigenvalue weighted by molar-refractivity contribution is -0.130. The summed E-state index contributed by atoms with van der Waals surface area (Å²) in [6, 6.07) is 6.88. The fourth-order valence-corrected chi connectivity index (χ4v) is 1.75. The van der Waals surface area contributed by atoms with E-state index in [4.69, 9.17) is 5.11 Å². The summed E-state index contributed by atoms with van der Waals surface area (Å²) < 4.78 is 0. The molecule has 0 bridgehead atoms. The molecule has 1 rings (SSSR count). The van der Waals surface area contributed by atoms with E-state index in [2.05, 4.69) is 0 Å². The smallest absolute Gasteiger partial charge is 0.335 e. The van der Waals surface area contributed by atoms with Gasteiger partial charge in [0.25, 0.3) is 0 Å². The normalized spacial score (nSPS) is 10.5. The van der Waals surface area contributed by atoms with Crippen LogP contribution in [0.1, 0.15) is 15.9 Å². The van der Waals surface area contributed by atoms with Crippen LogP contribution < -0.4 is 0 Å². The van der Waals surface area contributed by atoms with Crippen molar-refractivity contribution < 1.29 is 14.7 Å². The molecule has 0 radical (unpaired) electrons. The Morgan fingerprint density at radius 2 is 1.79 bits per heavy atom. The highest BCUT2D eigenvalue weighted by Gasteiger charge is 2.12. The zero-order valence-electron chi connectivity index (χ0n) is 11.6. The average Bonchev–Trinajstić information content (AvgIpc) is 2.35. The van der Waals surface area contributed by atoms with Crippen molar-refractivity contribution >= 4 is 11.9 Å². The number of benzene rings is 1. The highest BCUT2D eigenvalue weighted by Crippen LogP contribution is 2.10. The quantitative estimate of drug-likeness (QED) is 0.831. The van der Waals surface area contributed by atoms with Crippen LogP contribution in [0.5, 0.6) is 0 Å². The van der Waals surface area contributed by atoms with E-state index in [0.717, 1.165) is 5.56 Å². The third kappa shape index (κ3) is 4.71. The minimum absolute atomic E-state index is 0.0257. The van der Waals surface area contributed by atoms with Crippen LogP contribution in [-0.4, -0.2) is 61.0 Å². The van der Waals surface area contributed by atoms with Crippen molar-refractivity contribution in [2.24, 2.45) is 0 Å². The van der Waals surface area contributed by atoms with Crippen molar-refractivity contribution in [3.8, 4) is 0 Å². The minimum Gasteiger partial charge on any atom is -0.478 e. The maximum Gasteiger partial charge on any atom is 0.335 e. The number of hydrogen-bond donors (Lipinski definition) is 1. The predicted molar refractivity (Wildman–Crippen MR) is 73.3 cm³/mol. The van der Waals surface area contributed by atoms with Crippen LogP contribution in [0.25, 0.3) is 0 Å². The van der Waals surface area contributed by atoms with Crippen molar-refractivity contribution in [3.05, 3.63) is 35.4 Å². The van der Waals surface area contributed by atoms with Crippen molar-refractivity contribution in [1.29, 1.82) is 0 Å². The lowest BCUT2D eigenvalue weighted by Gasteiger charge is -2.19. The number of carbonyl (C=O) groups excluding carboxylic acids is 1. The molecule has 0 aliphatic heterocycles. The molecule has 0 atom stereocenters. The summed E-state index contributed by atoms with van der Waals surface area (Å²) in [5.74, 6) is -0.907. The van der Waals surface area contributed by atoms with Crippen LogP contribution in [0.15, 0.2) is 24.3 Å². The largest absolute Gasteiger partial charge is 0.478 e. The van der Waals surface area contributed by atoms with Gasteiger partial charge >= 0.3 is 5.97 Å². The maximum absolute atomic E-state index is 11.8. The van der Waals surface area contributed by atoms with E-state index in [-0.39, 0.29) is 5.91 Å². The Bertz CT molecular complexity index is 458. The molecule has 0 saturated carbocycles. The van der Waals surface area contributed by atoms with Crippen LogP contribution in [-0.2, 0) is 11.2 Å². The Morgan fingerprint density at radius 3 is 2.37 bits per heavy atom. The first-order chi connectivity index (χ1) is 8.91. The van der Waals surface area contributed by atoms with Crippen LogP contribution >= 0.6 is 0 Å². The number of nitrogens with zero attached hydrogens (tertiary/aromatic N) is 2. The topological polar surface area (TPSA) is 60.9 Å². The van der Waals surface area contributed by atoms with Gasteiger partial charge in [0.2, 0.25) is 5.91 Å². The minimum atomic E-state index is -0.933. The molecule has 104 valence electrons. The number of amides is 1. The highest BCUT2D eigenvalue weighted by molar-refractivity contribution is 5.89. The van der Waals surface area contributed by atoms with E-state index in [1.165, 1.54) is 0 Å². The second-order valence-electron chi connectivity index (χ2n) is 4.77. The summed E-state index contributed by atoms with van der Waals surface area (Å²) in [5.41, 5.74) is 1.05. The Kier molecular flexibility index (Phi) is 5.51. The first kappa shape index (κ1) is 15.2. The molecule has 5 nitrogen and oxygen atoms in total. The molecule has 0 saturated heterocycles.